The number of methoxy groups -OCH3 is 2. The van der Waals surface area contributed by atoms with Gasteiger partial charge in [-0.1, -0.05) is 24.3 Å². The van der Waals surface area contributed by atoms with Crippen molar-refractivity contribution in [1.29, 1.82) is 0 Å². The van der Waals surface area contributed by atoms with Gasteiger partial charge in [-0.25, -0.2) is 4.79 Å². The predicted octanol–water partition coefficient (Wildman–Crippen LogP) is 3.53. The zero-order chi connectivity index (χ0) is 19.2. The van der Waals surface area contributed by atoms with E-state index in [1.165, 1.54) is 0 Å². The first kappa shape index (κ1) is 18.9. The van der Waals surface area contributed by atoms with E-state index in [1.807, 2.05) is 55.5 Å². The van der Waals surface area contributed by atoms with Crippen LogP contribution in [0.2, 0.25) is 0 Å². The van der Waals surface area contributed by atoms with Gasteiger partial charge in [-0.2, -0.15) is 0 Å². The summed E-state index contributed by atoms with van der Waals surface area (Å²) in [6.45, 7) is 2.87. The molecule has 27 heavy (non-hydrogen) atoms. The Labute approximate surface area is 159 Å². The van der Waals surface area contributed by atoms with Gasteiger partial charge in [0.25, 0.3) is 0 Å². The minimum atomic E-state index is -0.301. The number of para-hydroxylation sites is 1. The van der Waals surface area contributed by atoms with Gasteiger partial charge in [-0.15, -0.1) is 0 Å². The summed E-state index contributed by atoms with van der Waals surface area (Å²) in [5.41, 5.74) is 1.07. The molecule has 1 saturated heterocycles. The van der Waals surface area contributed by atoms with Crippen LogP contribution in [0.25, 0.3) is 0 Å². The molecule has 2 aromatic carbocycles. The van der Waals surface area contributed by atoms with E-state index in [0.717, 1.165) is 11.3 Å². The van der Waals surface area contributed by atoms with Crippen molar-refractivity contribution in [2.75, 3.05) is 27.4 Å². The van der Waals surface area contributed by atoms with Crippen molar-refractivity contribution in [3.05, 3.63) is 54.1 Å². The number of carbonyl (C=O) groups is 1. The third-order valence-corrected chi connectivity index (χ3v) is 4.59. The van der Waals surface area contributed by atoms with Gasteiger partial charge in [0.05, 0.1) is 20.8 Å². The number of carbonyl (C=O) groups excluding carboxylic acids is 1. The summed E-state index contributed by atoms with van der Waals surface area (Å²) in [4.78, 5) is 14.0. The number of benzene rings is 2. The second-order valence-corrected chi connectivity index (χ2v) is 6.52. The normalized spacial score (nSPS) is 17.4. The molecule has 0 aliphatic carbocycles. The van der Waals surface area contributed by atoms with Crippen molar-refractivity contribution < 1.29 is 23.7 Å². The molecule has 144 valence electrons. The molecule has 2 atom stereocenters. The number of amides is 1. The van der Waals surface area contributed by atoms with E-state index >= 15 is 0 Å². The number of hydrogen-bond acceptors (Lipinski definition) is 5. The SMILES string of the molecule is COc1ccc(C[C@@H](C)N2C[C@@H](COc3ccccc3)OC2=O)cc1OC. The fraction of sp³-hybridized carbons (Fsp3) is 0.381. The van der Waals surface area contributed by atoms with E-state index in [0.29, 0.717) is 31.1 Å². The Hall–Kier alpha value is -2.89. The van der Waals surface area contributed by atoms with Crippen LogP contribution in [-0.4, -0.2) is 50.5 Å². The fourth-order valence-electron chi connectivity index (χ4n) is 3.15. The van der Waals surface area contributed by atoms with Crippen LogP contribution in [-0.2, 0) is 11.2 Å². The van der Waals surface area contributed by atoms with Crippen molar-refractivity contribution in [3.8, 4) is 17.2 Å². The summed E-state index contributed by atoms with van der Waals surface area (Å²) in [5, 5.41) is 0. The average molecular weight is 371 g/mol. The molecule has 6 heteroatoms. The Morgan fingerprint density at radius 1 is 1.11 bits per heavy atom. The first-order valence-corrected chi connectivity index (χ1v) is 8.96. The van der Waals surface area contributed by atoms with Crippen molar-refractivity contribution in [3.63, 3.8) is 0 Å². The fourth-order valence-corrected chi connectivity index (χ4v) is 3.15. The van der Waals surface area contributed by atoms with E-state index in [1.54, 1.807) is 19.1 Å². The topological polar surface area (TPSA) is 57.2 Å². The van der Waals surface area contributed by atoms with Gasteiger partial charge in [0.1, 0.15) is 12.4 Å². The van der Waals surface area contributed by atoms with E-state index < -0.39 is 0 Å². The Bertz CT molecular complexity index is 764. The second-order valence-electron chi connectivity index (χ2n) is 6.52. The molecule has 1 aliphatic rings. The summed E-state index contributed by atoms with van der Waals surface area (Å²) in [6, 6.07) is 15.3. The lowest BCUT2D eigenvalue weighted by atomic mass is 10.1. The molecule has 0 spiro atoms. The minimum absolute atomic E-state index is 0.00248. The molecule has 1 fully saturated rings. The first-order valence-electron chi connectivity index (χ1n) is 8.96. The summed E-state index contributed by atoms with van der Waals surface area (Å²) in [5.74, 6) is 2.14. The molecule has 0 bridgehead atoms. The highest BCUT2D eigenvalue weighted by Gasteiger charge is 2.34. The van der Waals surface area contributed by atoms with Crippen LogP contribution in [0, 0.1) is 0 Å². The lowest BCUT2D eigenvalue weighted by molar-refractivity contribution is 0.102. The molecule has 0 radical (unpaired) electrons. The zero-order valence-corrected chi connectivity index (χ0v) is 15.9. The highest BCUT2D eigenvalue weighted by Crippen LogP contribution is 2.29. The number of hydrogen-bond donors (Lipinski definition) is 0. The zero-order valence-electron chi connectivity index (χ0n) is 15.9. The lowest BCUT2D eigenvalue weighted by Crippen LogP contribution is -2.36. The van der Waals surface area contributed by atoms with Crippen molar-refractivity contribution >= 4 is 6.09 Å². The Morgan fingerprint density at radius 2 is 1.85 bits per heavy atom. The molecule has 3 rings (SSSR count). The van der Waals surface area contributed by atoms with Crippen LogP contribution >= 0.6 is 0 Å². The van der Waals surface area contributed by atoms with Gasteiger partial charge < -0.3 is 23.8 Å². The van der Waals surface area contributed by atoms with Crippen LogP contribution < -0.4 is 14.2 Å². The molecule has 0 unspecified atom stereocenters. The average Bonchev–Trinajstić information content (AvgIpc) is 3.08. The van der Waals surface area contributed by atoms with E-state index in [4.69, 9.17) is 18.9 Å². The highest BCUT2D eigenvalue weighted by atomic mass is 16.6. The van der Waals surface area contributed by atoms with Crippen LogP contribution in [0.15, 0.2) is 48.5 Å². The summed E-state index contributed by atoms with van der Waals surface area (Å²) >= 11 is 0. The van der Waals surface area contributed by atoms with E-state index in [-0.39, 0.29) is 18.2 Å². The van der Waals surface area contributed by atoms with Gasteiger partial charge in [-0.05, 0) is 43.2 Å². The standard InChI is InChI=1S/C21H25NO5/c1-15(11-16-9-10-19(24-2)20(12-16)25-3)22-13-18(27-21(22)23)14-26-17-7-5-4-6-8-17/h4-10,12,15,18H,11,13-14H2,1-3H3/t15-,18+/m1/s1. The Balaban J connectivity index is 1.57. The van der Waals surface area contributed by atoms with Gasteiger partial charge in [0.15, 0.2) is 17.6 Å². The van der Waals surface area contributed by atoms with E-state index in [9.17, 15) is 4.79 Å². The van der Waals surface area contributed by atoms with Gasteiger partial charge in [-0.3, -0.25) is 0 Å². The molecule has 1 aliphatic heterocycles. The third-order valence-electron chi connectivity index (χ3n) is 4.59. The van der Waals surface area contributed by atoms with Crippen molar-refractivity contribution in [2.45, 2.75) is 25.5 Å². The van der Waals surface area contributed by atoms with Crippen LogP contribution in [0.1, 0.15) is 12.5 Å². The molecule has 1 heterocycles. The van der Waals surface area contributed by atoms with Crippen molar-refractivity contribution in [1.82, 2.24) is 4.90 Å². The van der Waals surface area contributed by atoms with E-state index in [2.05, 4.69) is 0 Å². The Kier molecular flexibility index (Phi) is 6.06. The largest absolute Gasteiger partial charge is 0.493 e. The molecular weight excluding hydrogens is 346 g/mol. The molecule has 2 aromatic rings. The summed E-state index contributed by atoms with van der Waals surface area (Å²) < 4.78 is 21.8. The summed E-state index contributed by atoms with van der Waals surface area (Å²) in [6.07, 6.45) is 0.122. The maximum atomic E-state index is 12.3. The molecular formula is C21H25NO5. The van der Waals surface area contributed by atoms with Gasteiger partial charge >= 0.3 is 6.09 Å². The number of rotatable bonds is 8. The van der Waals surface area contributed by atoms with Crippen LogP contribution in [0.5, 0.6) is 17.2 Å². The Morgan fingerprint density at radius 3 is 2.56 bits per heavy atom. The first-order chi connectivity index (χ1) is 13.1. The van der Waals surface area contributed by atoms with Crippen LogP contribution in [0.3, 0.4) is 0 Å². The smallest absolute Gasteiger partial charge is 0.410 e. The number of nitrogens with zero attached hydrogens (tertiary/aromatic N) is 1. The second kappa shape index (κ2) is 8.66. The summed E-state index contributed by atoms with van der Waals surface area (Å²) in [7, 11) is 3.22. The number of ether oxygens (including phenoxy) is 4. The van der Waals surface area contributed by atoms with Crippen molar-refractivity contribution in [2.24, 2.45) is 0 Å². The molecule has 1 amide bonds. The molecule has 6 nitrogen and oxygen atoms in total. The highest BCUT2D eigenvalue weighted by molar-refractivity contribution is 5.70. The monoisotopic (exact) mass is 371 g/mol. The molecule has 0 saturated carbocycles. The van der Waals surface area contributed by atoms with Gasteiger partial charge in [0.2, 0.25) is 0 Å². The lowest BCUT2D eigenvalue weighted by Gasteiger charge is -2.22. The maximum Gasteiger partial charge on any atom is 0.410 e. The molecule has 0 aromatic heterocycles. The number of cyclic esters (lactones) is 1. The minimum Gasteiger partial charge on any atom is -0.493 e. The third kappa shape index (κ3) is 4.64. The quantitative estimate of drug-likeness (QED) is 0.710. The van der Waals surface area contributed by atoms with Crippen LogP contribution in [0.4, 0.5) is 4.79 Å². The molecule has 0 N–H and O–H groups in total. The predicted molar refractivity (Wildman–Crippen MR) is 102 cm³/mol. The van der Waals surface area contributed by atoms with Gasteiger partial charge in [0, 0.05) is 6.04 Å². The maximum absolute atomic E-state index is 12.3.